The van der Waals surface area contributed by atoms with Crippen molar-refractivity contribution in [3.05, 3.63) is 29.8 Å². The molecule has 0 saturated carbocycles. The van der Waals surface area contributed by atoms with Gasteiger partial charge >= 0.3 is 15.5 Å². The Morgan fingerprint density at radius 2 is 1.83 bits per heavy atom. The molecule has 1 amide bonds. The number of halogens is 3. The number of carbonyl (C=O) groups is 1. The van der Waals surface area contributed by atoms with Crippen LogP contribution in [0.2, 0.25) is 0 Å². The van der Waals surface area contributed by atoms with Crippen LogP contribution in [0.1, 0.15) is 5.56 Å². The fourth-order valence-electron chi connectivity index (χ4n) is 2.06. The Hall–Kier alpha value is -1.81. The lowest BCUT2D eigenvalue weighted by molar-refractivity contribution is -0.134. The highest BCUT2D eigenvalue weighted by atomic mass is 32.2. The molecule has 1 aliphatic heterocycles. The molecule has 0 aliphatic carbocycles. The quantitative estimate of drug-likeness (QED) is 0.888. The highest BCUT2D eigenvalue weighted by Gasteiger charge is 2.46. The first-order valence-electron chi connectivity index (χ1n) is 6.73. The molecule has 1 fully saturated rings. The minimum absolute atomic E-state index is 0.178. The van der Waals surface area contributed by atoms with Crippen molar-refractivity contribution in [2.24, 2.45) is 0 Å². The third-order valence-electron chi connectivity index (χ3n) is 3.27. The van der Waals surface area contributed by atoms with Crippen LogP contribution < -0.4 is 4.72 Å². The highest BCUT2D eigenvalue weighted by Crippen LogP contribution is 2.27. The molecule has 0 bridgehead atoms. The van der Waals surface area contributed by atoms with Crippen LogP contribution in [0.5, 0.6) is 0 Å². The molecule has 2 rings (SSSR count). The van der Waals surface area contributed by atoms with Gasteiger partial charge in [-0.15, -0.1) is 0 Å². The van der Waals surface area contributed by atoms with Crippen molar-refractivity contribution in [2.45, 2.75) is 11.9 Å². The zero-order valence-corrected chi connectivity index (χ0v) is 12.8. The van der Waals surface area contributed by atoms with E-state index in [9.17, 15) is 26.4 Å². The van der Waals surface area contributed by atoms with Gasteiger partial charge in [-0.1, -0.05) is 18.2 Å². The van der Waals surface area contributed by atoms with Gasteiger partial charge in [0.2, 0.25) is 5.91 Å². The Labute approximate surface area is 131 Å². The molecule has 1 aromatic carbocycles. The molecule has 6 nitrogen and oxygen atoms in total. The van der Waals surface area contributed by atoms with Gasteiger partial charge in [0.25, 0.3) is 0 Å². The van der Waals surface area contributed by atoms with Crippen LogP contribution in [0.3, 0.4) is 0 Å². The Balaban J connectivity index is 2.16. The van der Waals surface area contributed by atoms with Crippen molar-refractivity contribution in [1.82, 2.24) is 4.90 Å². The lowest BCUT2D eigenvalue weighted by Crippen LogP contribution is -2.41. The first kappa shape index (κ1) is 17.5. The summed E-state index contributed by atoms with van der Waals surface area (Å²) in [6.07, 6.45) is -0.198. The Morgan fingerprint density at radius 1 is 1.22 bits per heavy atom. The van der Waals surface area contributed by atoms with Gasteiger partial charge in [0.15, 0.2) is 0 Å². The smallest absolute Gasteiger partial charge is 0.378 e. The molecular formula is C13H15F3N2O4S. The van der Waals surface area contributed by atoms with Crippen molar-refractivity contribution >= 4 is 21.6 Å². The van der Waals surface area contributed by atoms with E-state index in [0.29, 0.717) is 26.3 Å². The number of carbonyl (C=O) groups excluding carboxylic acids is 1. The summed E-state index contributed by atoms with van der Waals surface area (Å²) in [5.41, 5.74) is -5.50. The summed E-state index contributed by atoms with van der Waals surface area (Å²) in [6, 6.07) is 5.50. The fourth-order valence-corrected chi connectivity index (χ4v) is 2.67. The summed E-state index contributed by atoms with van der Waals surface area (Å²) in [5, 5.41) is 0. The molecule has 0 spiro atoms. The second-order valence-electron chi connectivity index (χ2n) is 4.88. The van der Waals surface area contributed by atoms with Gasteiger partial charge in [-0.2, -0.15) is 21.6 Å². The second kappa shape index (κ2) is 6.75. The molecule has 0 radical (unpaired) electrons. The molecule has 23 heavy (non-hydrogen) atoms. The minimum atomic E-state index is -5.53. The number of anilines is 1. The minimum Gasteiger partial charge on any atom is -0.378 e. The largest absolute Gasteiger partial charge is 0.516 e. The van der Waals surface area contributed by atoms with E-state index in [4.69, 9.17) is 4.74 Å². The number of ether oxygens (including phenoxy) is 1. The zero-order chi connectivity index (χ0) is 17.1. The SMILES string of the molecule is O=C(Cc1ccccc1NS(=O)(=O)C(F)(F)F)N1CCOCC1. The third-order valence-corrected chi connectivity index (χ3v) is 4.37. The van der Waals surface area contributed by atoms with E-state index < -0.39 is 15.5 Å². The Bertz CT molecular complexity index is 670. The Kier molecular flexibility index (Phi) is 5.15. The van der Waals surface area contributed by atoms with Gasteiger partial charge in [-0.25, -0.2) is 0 Å². The van der Waals surface area contributed by atoms with Crippen molar-refractivity contribution in [3.8, 4) is 0 Å². The average molecular weight is 352 g/mol. The van der Waals surface area contributed by atoms with E-state index in [0.717, 1.165) is 0 Å². The summed E-state index contributed by atoms with van der Waals surface area (Å²) in [4.78, 5) is 13.7. The van der Waals surface area contributed by atoms with E-state index in [1.807, 2.05) is 0 Å². The van der Waals surface area contributed by atoms with E-state index >= 15 is 0 Å². The summed E-state index contributed by atoms with van der Waals surface area (Å²) < 4.78 is 66.4. The molecule has 1 heterocycles. The van der Waals surface area contributed by atoms with E-state index in [2.05, 4.69) is 0 Å². The van der Waals surface area contributed by atoms with E-state index in [1.165, 1.54) is 33.9 Å². The van der Waals surface area contributed by atoms with E-state index in [1.54, 1.807) is 0 Å². The predicted octanol–water partition coefficient (Wildman–Crippen LogP) is 1.35. The topological polar surface area (TPSA) is 75.7 Å². The van der Waals surface area contributed by atoms with E-state index in [-0.39, 0.29) is 23.6 Å². The van der Waals surface area contributed by atoms with Crippen LogP contribution in [0.15, 0.2) is 24.3 Å². The summed E-state index contributed by atoms with van der Waals surface area (Å²) in [5.74, 6) is -0.299. The molecule has 0 aromatic heterocycles. The monoisotopic (exact) mass is 352 g/mol. The van der Waals surface area contributed by atoms with Gasteiger partial charge in [-0.05, 0) is 11.6 Å². The summed E-state index contributed by atoms with van der Waals surface area (Å²) >= 11 is 0. The van der Waals surface area contributed by atoms with Crippen molar-refractivity contribution in [1.29, 1.82) is 0 Å². The van der Waals surface area contributed by atoms with Gasteiger partial charge < -0.3 is 9.64 Å². The predicted molar refractivity (Wildman–Crippen MR) is 76.1 cm³/mol. The number of morpholine rings is 1. The first-order chi connectivity index (χ1) is 10.7. The maximum Gasteiger partial charge on any atom is 0.516 e. The number of hydrogen-bond donors (Lipinski definition) is 1. The van der Waals surface area contributed by atoms with Crippen molar-refractivity contribution in [2.75, 3.05) is 31.0 Å². The van der Waals surface area contributed by atoms with Crippen LogP contribution in [-0.4, -0.2) is 51.0 Å². The molecule has 128 valence electrons. The molecule has 10 heteroatoms. The van der Waals surface area contributed by atoms with Crippen LogP contribution in [0.4, 0.5) is 18.9 Å². The molecule has 1 aromatic rings. The van der Waals surface area contributed by atoms with Crippen molar-refractivity contribution < 1.29 is 31.1 Å². The number of nitrogens with one attached hydrogen (secondary N) is 1. The van der Waals surface area contributed by atoms with Crippen molar-refractivity contribution in [3.63, 3.8) is 0 Å². The maximum absolute atomic E-state index is 12.5. The lowest BCUT2D eigenvalue weighted by atomic mass is 10.1. The molecule has 1 N–H and O–H groups in total. The van der Waals surface area contributed by atoms with Crippen LogP contribution in [-0.2, 0) is 26.0 Å². The van der Waals surface area contributed by atoms with Gasteiger partial charge in [0.1, 0.15) is 0 Å². The molecule has 1 saturated heterocycles. The first-order valence-corrected chi connectivity index (χ1v) is 8.21. The standard InChI is InChI=1S/C13H15F3N2O4S/c14-13(15,16)23(20,21)17-11-4-2-1-3-10(11)9-12(19)18-5-7-22-8-6-18/h1-4,17H,5-9H2. The van der Waals surface area contributed by atoms with Crippen LogP contribution in [0, 0.1) is 0 Å². The molecular weight excluding hydrogens is 337 g/mol. The average Bonchev–Trinajstić information content (AvgIpc) is 2.48. The van der Waals surface area contributed by atoms with Crippen LogP contribution >= 0.6 is 0 Å². The molecule has 0 unspecified atom stereocenters. The highest BCUT2D eigenvalue weighted by molar-refractivity contribution is 7.93. The van der Waals surface area contributed by atoms with Gasteiger partial charge in [0.05, 0.1) is 25.3 Å². The molecule has 0 atom stereocenters. The number of para-hydroxylation sites is 1. The number of benzene rings is 1. The molecule has 1 aliphatic rings. The fraction of sp³-hybridized carbons (Fsp3) is 0.462. The number of amides is 1. The van der Waals surface area contributed by atoms with Gasteiger partial charge in [0, 0.05) is 13.1 Å². The summed E-state index contributed by atoms with van der Waals surface area (Å²) in [6.45, 7) is 1.59. The number of alkyl halides is 3. The number of rotatable bonds is 4. The van der Waals surface area contributed by atoms with Gasteiger partial charge in [-0.3, -0.25) is 9.52 Å². The Morgan fingerprint density at radius 3 is 2.43 bits per heavy atom. The second-order valence-corrected chi connectivity index (χ2v) is 6.55. The van der Waals surface area contributed by atoms with Crippen LogP contribution in [0.25, 0.3) is 0 Å². The summed E-state index contributed by atoms with van der Waals surface area (Å²) in [7, 11) is -5.53. The maximum atomic E-state index is 12.5. The number of nitrogens with zero attached hydrogens (tertiary/aromatic N) is 1. The normalized spacial score (nSPS) is 16.2. The number of hydrogen-bond acceptors (Lipinski definition) is 4. The third kappa shape index (κ3) is 4.35. The zero-order valence-electron chi connectivity index (χ0n) is 12.0. The number of sulfonamides is 1. The lowest BCUT2D eigenvalue weighted by Gasteiger charge is -2.27.